The molecule has 2 aromatic carbocycles. The lowest BCUT2D eigenvalue weighted by Gasteiger charge is -2.15. The van der Waals surface area contributed by atoms with E-state index in [0.717, 1.165) is 35.5 Å². The zero-order valence-corrected chi connectivity index (χ0v) is 16.5. The molecule has 142 valence electrons. The van der Waals surface area contributed by atoms with E-state index in [9.17, 15) is 9.59 Å². The fourth-order valence-electron chi connectivity index (χ4n) is 3.25. The van der Waals surface area contributed by atoms with Gasteiger partial charge >= 0.3 is 0 Å². The number of amides is 2. The summed E-state index contributed by atoms with van der Waals surface area (Å²) in [6, 6.07) is 15.8. The number of rotatable bonds is 5. The van der Waals surface area contributed by atoms with Crippen LogP contribution in [0.3, 0.4) is 0 Å². The van der Waals surface area contributed by atoms with E-state index in [0.29, 0.717) is 11.6 Å². The van der Waals surface area contributed by atoms with Crippen molar-refractivity contribution in [1.29, 1.82) is 0 Å². The van der Waals surface area contributed by atoms with Crippen LogP contribution in [0.25, 0.3) is 11.3 Å². The van der Waals surface area contributed by atoms with Crippen LogP contribution in [0.4, 0.5) is 10.8 Å². The highest BCUT2D eigenvalue weighted by Crippen LogP contribution is 2.25. The fraction of sp³-hybridized carbons (Fsp3) is 0.227. The van der Waals surface area contributed by atoms with Crippen LogP contribution >= 0.6 is 11.3 Å². The molecule has 0 atom stereocenters. The van der Waals surface area contributed by atoms with Gasteiger partial charge in [0.2, 0.25) is 11.8 Å². The maximum Gasteiger partial charge on any atom is 0.230 e. The monoisotopic (exact) mass is 391 g/mol. The summed E-state index contributed by atoms with van der Waals surface area (Å²) >= 11 is 1.42. The van der Waals surface area contributed by atoms with E-state index < -0.39 is 0 Å². The van der Waals surface area contributed by atoms with Gasteiger partial charge < -0.3 is 10.2 Å². The third-order valence-electron chi connectivity index (χ3n) is 4.78. The Balaban J connectivity index is 1.37. The molecule has 6 heteroatoms. The number of carbonyl (C=O) groups is 2. The van der Waals surface area contributed by atoms with Crippen LogP contribution < -0.4 is 10.2 Å². The zero-order chi connectivity index (χ0) is 19.5. The number of anilines is 2. The molecule has 1 N–H and O–H groups in total. The van der Waals surface area contributed by atoms with Gasteiger partial charge in [0, 0.05) is 29.6 Å². The molecule has 2 heterocycles. The van der Waals surface area contributed by atoms with Gasteiger partial charge in [-0.3, -0.25) is 9.59 Å². The molecule has 28 heavy (non-hydrogen) atoms. The van der Waals surface area contributed by atoms with Gasteiger partial charge in [-0.25, -0.2) is 4.98 Å². The molecule has 0 saturated carbocycles. The summed E-state index contributed by atoms with van der Waals surface area (Å²) in [7, 11) is 0. The van der Waals surface area contributed by atoms with E-state index in [1.807, 2.05) is 60.8 Å². The second-order valence-electron chi connectivity index (χ2n) is 6.94. The molecule has 1 fully saturated rings. The predicted molar refractivity (Wildman–Crippen MR) is 113 cm³/mol. The van der Waals surface area contributed by atoms with E-state index in [4.69, 9.17) is 0 Å². The molecule has 1 aliphatic heterocycles. The van der Waals surface area contributed by atoms with Gasteiger partial charge in [0.1, 0.15) is 0 Å². The highest BCUT2D eigenvalue weighted by molar-refractivity contribution is 7.14. The maximum atomic E-state index is 12.4. The predicted octanol–water partition coefficient (Wildman–Crippen LogP) is 4.43. The maximum absolute atomic E-state index is 12.4. The van der Waals surface area contributed by atoms with E-state index in [1.165, 1.54) is 16.9 Å². The number of carbonyl (C=O) groups excluding carboxylic acids is 2. The van der Waals surface area contributed by atoms with Crippen molar-refractivity contribution in [2.75, 3.05) is 16.8 Å². The molecule has 0 unspecified atom stereocenters. The Morgan fingerprint density at radius 2 is 1.89 bits per heavy atom. The first-order chi connectivity index (χ1) is 13.6. The van der Waals surface area contributed by atoms with Gasteiger partial charge in [0.25, 0.3) is 0 Å². The third-order valence-corrected chi connectivity index (χ3v) is 5.54. The Labute approximate surface area is 168 Å². The standard InChI is InChI=1S/C22H21N3O2S/c1-15-4-8-17(9-5-15)19-14-28-22(23-19)24-20(26)13-16-6-10-18(11-7-16)25-12-2-3-21(25)27/h4-11,14H,2-3,12-13H2,1H3,(H,23,24,26). The quantitative estimate of drug-likeness (QED) is 0.700. The first-order valence-corrected chi connectivity index (χ1v) is 10.2. The van der Waals surface area contributed by atoms with E-state index in [1.54, 1.807) is 4.90 Å². The van der Waals surface area contributed by atoms with E-state index >= 15 is 0 Å². The van der Waals surface area contributed by atoms with Gasteiger partial charge in [0.05, 0.1) is 12.1 Å². The van der Waals surface area contributed by atoms with Crippen molar-refractivity contribution < 1.29 is 9.59 Å². The fourth-order valence-corrected chi connectivity index (χ4v) is 3.99. The average molecular weight is 391 g/mol. The van der Waals surface area contributed by atoms with Crippen molar-refractivity contribution in [1.82, 2.24) is 4.98 Å². The molecule has 1 saturated heterocycles. The first-order valence-electron chi connectivity index (χ1n) is 9.30. The number of benzene rings is 2. The molecule has 0 spiro atoms. The lowest BCUT2D eigenvalue weighted by atomic mass is 10.1. The summed E-state index contributed by atoms with van der Waals surface area (Å²) in [5.74, 6) is 0.0634. The minimum absolute atomic E-state index is 0.102. The number of hydrogen-bond donors (Lipinski definition) is 1. The van der Waals surface area contributed by atoms with Gasteiger partial charge in [0.15, 0.2) is 5.13 Å². The number of aromatic nitrogens is 1. The van der Waals surface area contributed by atoms with Crippen LogP contribution in [0.15, 0.2) is 53.9 Å². The van der Waals surface area contributed by atoms with Crippen molar-refractivity contribution in [3.05, 3.63) is 65.0 Å². The molecular formula is C22H21N3O2S. The highest BCUT2D eigenvalue weighted by atomic mass is 32.1. The Bertz CT molecular complexity index is 993. The van der Waals surface area contributed by atoms with E-state index in [-0.39, 0.29) is 18.2 Å². The first kappa shape index (κ1) is 18.4. The summed E-state index contributed by atoms with van der Waals surface area (Å²) in [6.45, 7) is 2.82. The summed E-state index contributed by atoms with van der Waals surface area (Å²) in [5, 5.41) is 5.42. The van der Waals surface area contributed by atoms with Gasteiger partial charge in [-0.05, 0) is 31.0 Å². The normalized spacial score (nSPS) is 13.8. The Hall–Kier alpha value is -2.99. The molecule has 0 aliphatic carbocycles. The number of nitrogens with one attached hydrogen (secondary N) is 1. The second kappa shape index (κ2) is 7.94. The lowest BCUT2D eigenvalue weighted by molar-refractivity contribution is -0.117. The minimum atomic E-state index is -0.102. The Morgan fingerprint density at radius 3 is 2.57 bits per heavy atom. The number of hydrogen-bond acceptors (Lipinski definition) is 4. The summed E-state index contributed by atoms with van der Waals surface area (Å²) < 4.78 is 0. The van der Waals surface area contributed by atoms with Crippen LogP contribution in [-0.2, 0) is 16.0 Å². The molecule has 0 radical (unpaired) electrons. The topological polar surface area (TPSA) is 62.3 Å². The average Bonchev–Trinajstić information content (AvgIpc) is 3.32. The smallest absolute Gasteiger partial charge is 0.230 e. The van der Waals surface area contributed by atoms with Gasteiger partial charge in [-0.1, -0.05) is 42.0 Å². The summed E-state index contributed by atoms with van der Waals surface area (Å²) in [6.07, 6.45) is 1.79. The van der Waals surface area contributed by atoms with Crippen molar-refractivity contribution >= 4 is 34.0 Å². The molecule has 0 bridgehead atoms. The van der Waals surface area contributed by atoms with Crippen LogP contribution in [0.5, 0.6) is 0 Å². The van der Waals surface area contributed by atoms with Crippen molar-refractivity contribution in [3.8, 4) is 11.3 Å². The lowest BCUT2D eigenvalue weighted by Crippen LogP contribution is -2.23. The second-order valence-corrected chi connectivity index (χ2v) is 7.80. The van der Waals surface area contributed by atoms with Crippen LogP contribution in [-0.4, -0.2) is 23.3 Å². The number of aryl methyl sites for hydroxylation is 1. The van der Waals surface area contributed by atoms with Gasteiger partial charge in [-0.2, -0.15) is 0 Å². The Kier molecular flexibility index (Phi) is 5.21. The van der Waals surface area contributed by atoms with Crippen LogP contribution in [0, 0.1) is 6.92 Å². The molecular weight excluding hydrogens is 370 g/mol. The number of nitrogens with zero attached hydrogens (tertiary/aromatic N) is 2. The largest absolute Gasteiger partial charge is 0.312 e. The van der Waals surface area contributed by atoms with Crippen molar-refractivity contribution in [2.24, 2.45) is 0 Å². The highest BCUT2D eigenvalue weighted by Gasteiger charge is 2.21. The molecule has 5 nitrogen and oxygen atoms in total. The molecule has 1 aromatic heterocycles. The zero-order valence-electron chi connectivity index (χ0n) is 15.6. The van der Waals surface area contributed by atoms with E-state index in [2.05, 4.69) is 10.3 Å². The summed E-state index contributed by atoms with van der Waals surface area (Å²) in [5.41, 5.74) is 4.90. The summed E-state index contributed by atoms with van der Waals surface area (Å²) in [4.78, 5) is 30.5. The van der Waals surface area contributed by atoms with Crippen molar-refractivity contribution in [3.63, 3.8) is 0 Å². The Morgan fingerprint density at radius 1 is 1.14 bits per heavy atom. The molecule has 2 amide bonds. The number of thiazole rings is 1. The van der Waals surface area contributed by atoms with Crippen LogP contribution in [0.1, 0.15) is 24.0 Å². The molecule has 3 aromatic rings. The van der Waals surface area contributed by atoms with Gasteiger partial charge in [-0.15, -0.1) is 11.3 Å². The SMILES string of the molecule is Cc1ccc(-c2csc(NC(=O)Cc3ccc(N4CCCC4=O)cc3)n2)cc1. The molecule has 4 rings (SSSR count). The molecule has 1 aliphatic rings. The van der Waals surface area contributed by atoms with Crippen LogP contribution in [0.2, 0.25) is 0 Å². The van der Waals surface area contributed by atoms with Crippen molar-refractivity contribution in [2.45, 2.75) is 26.2 Å². The third kappa shape index (κ3) is 4.12. The minimum Gasteiger partial charge on any atom is -0.312 e.